The molecule has 2 heterocycles. The zero-order valence-electron chi connectivity index (χ0n) is 12.2. The number of carbonyl (C=O) groups is 2. The van der Waals surface area contributed by atoms with Crippen LogP contribution in [0, 0.1) is 0 Å². The second-order valence-corrected chi connectivity index (χ2v) is 6.19. The summed E-state index contributed by atoms with van der Waals surface area (Å²) in [5.41, 5.74) is 2.61. The average Bonchev–Trinajstić information content (AvgIpc) is 3.00. The SMILES string of the molecule is O=C(Cc1ccsc1)Nc1cccc(N2CCCCC2=O)c1. The van der Waals surface area contributed by atoms with Gasteiger partial charge in [0.15, 0.2) is 0 Å². The Morgan fingerprint density at radius 2 is 2.18 bits per heavy atom. The molecule has 22 heavy (non-hydrogen) atoms. The summed E-state index contributed by atoms with van der Waals surface area (Å²) >= 11 is 1.59. The maximum atomic E-state index is 12.0. The molecule has 1 aliphatic rings. The molecule has 0 spiro atoms. The third-order valence-corrected chi connectivity index (χ3v) is 4.44. The molecule has 1 aromatic carbocycles. The fraction of sp³-hybridized carbons (Fsp3) is 0.294. The minimum atomic E-state index is -0.0412. The molecule has 114 valence electrons. The Balaban J connectivity index is 1.68. The predicted octanol–water partition coefficient (Wildman–Crippen LogP) is 3.45. The molecule has 0 saturated carbocycles. The van der Waals surface area contributed by atoms with Gasteiger partial charge < -0.3 is 10.2 Å². The van der Waals surface area contributed by atoms with Gasteiger partial charge in [-0.2, -0.15) is 11.3 Å². The molecule has 0 bridgehead atoms. The highest BCUT2D eigenvalue weighted by atomic mass is 32.1. The van der Waals surface area contributed by atoms with Crippen LogP contribution >= 0.6 is 11.3 Å². The second kappa shape index (κ2) is 6.75. The van der Waals surface area contributed by atoms with Crippen LogP contribution in [0.1, 0.15) is 24.8 Å². The summed E-state index contributed by atoms with van der Waals surface area (Å²) in [6.45, 7) is 0.755. The van der Waals surface area contributed by atoms with Gasteiger partial charge in [-0.1, -0.05) is 6.07 Å². The van der Waals surface area contributed by atoms with Crippen molar-refractivity contribution < 1.29 is 9.59 Å². The first-order valence-corrected chi connectivity index (χ1v) is 8.38. The first-order chi connectivity index (χ1) is 10.7. The zero-order chi connectivity index (χ0) is 15.4. The number of nitrogens with one attached hydrogen (secondary N) is 1. The van der Waals surface area contributed by atoms with E-state index in [1.165, 1.54) is 0 Å². The fourth-order valence-corrected chi connectivity index (χ4v) is 3.28. The molecule has 5 heteroatoms. The van der Waals surface area contributed by atoms with Crippen LogP contribution in [-0.2, 0) is 16.0 Å². The third-order valence-electron chi connectivity index (χ3n) is 3.71. The van der Waals surface area contributed by atoms with E-state index in [-0.39, 0.29) is 11.8 Å². The number of rotatable bonds is 4. The second-order valence-electron chi connectivity index (χ2n) is 5.41. The number of piperidine rings is 1. The van der Waals surface area contributed by atoms with Crippen molar-refractivity contribution in [3.05, 3.63) is 46.7 Å². The number of carbonyl (C=O) groups excluding carboxylic acids is 2. The van der Waals surface area contributed by atoms with E-state index < -0.39 is 0 Å². The van der Waals surface area contributed by atoms with E-state index in [1.54, 1.807) is 16.2 Å². The number of anilines is 2. The van der Waals surface area contributed by atoms with E-state index in [0.29, 0.717) is 12.8 Å². The monoisotopic (exact) mass is 314 g/mol. The van der Waals surface area contributed by atoms with Gasteiger partial charge in [-0.3, -0.25) is 9.59 Å². The lowest BCUT2D eigenvalue weighted by Crippen LogP contribution is -2.35. The quantitative estimate of drug-likeness (QED) is 0.939. The Morgan fingerprint density at radius 3 is 2.95 bits per heavy atom. The molecule has 0 radical (unpaired) electrons. The summed E-state index contributed by atoms with van der Waals surface area (Å²) in [6, 6.07) is 9.46. The Labute approximate surface area is 133 Å². The van der Waals surface area contributed by atoms with Crippen LogP contribution in [-0.4, -0.2) is 18.4 Å². The largest absolute Gasteiger partial charge is 0.326 e. The van der Waals surface area contributed by atoms with E-state index in [2.05, 4.69) is 5.32 Å². The number of hydrogen-bond donors (Lipinski definition) is 1. The predicted molar refractivity (Wildman–Crippen MR) is 89.3 cm³/mol. The normalized spacial score (nSPS) is 14.9. The maximum Gasteiger partial charge on any atom is 0.228 e. The summed E-state index contributed by atoms with van der Waals surface area (Å²) < 4.78 is 0. The summed E-state index contributed by atoms with van der Waals surface area (Å²) in [7, 11) is 0. The van der Waals surface area contributed by atoms with Gasteiger partial charge in [0.25, 0.3) is 0 Å². The number of hydrogen-bond acceptors (Lipinski definition) is 3. The molecule has 1 aliphatic heterocycles. The smallest absolute Gasteiger partial charge is 0.228 e. The van der Waals surface area contributed by atoms with Gasteiger partial charge in [-0.25, -0.2) is 0 Å². The van der Waals surface area contributed by atoms with Crippen molar-refractivity contribution in [2.45, 2.75) is 25.7 Å². The molecule has 1 aromatic heterocycles. The number of thiophene rings is 1. The van der Waals surface area contributed by atoms with Crippen molar-refractivity contribution >= 4 is 34.5 Å². The summed E-state index contributed by atoms with van der Waals surface area (Å²) in [5.74, 6) is 0.119. The fourth-order valence-electron chi connectivity index (χ4n) is 2.61. The van der Waals surface area contributed by atoms with Crippen LogP contribution in [0.4, 0.5) is 11.4 Å². The molecular weight excluding hydrogens is 296 g/mol. The van der Waals surface area contributed by atoms with Crippen LogP contribution in [0.25, 0.3) is 0 Å². The van der Waals surface area contributed by atoms with Crippen molar-refractivity contribution in [2.75, 3.05) is 16.8 Å². The molecule has 2 amide bonds. The maximum absolute atomic E-state index is 12.0. The van der Waals surface area contributed by atoms with Crippen molar-refractivity contribution in [2.24, 2.45) is 0 Å². The van der Waals surface area contributed by atoms with Gasteiger partial charge in [0, 0.05) is 24.3 Å². The highest BCUT2D eigenvalue weighted by molar-refractivity contribution is 7.08. The van der Waals surface area contributed by atoms with Gasteiger partial charge in [-0.15, -0.1) is 0 Å². The van der Waals surface area contributed by atoms with Crippen LogP contribution in [0.3, 0.4) is 0 Å². The molecule has 0 aliphatic carbocycles. The third kappa shape index (κ3) is 3.54. The Morgan fingerprint density at radius 1 is 1.27 bits per heavy atom. The minimum Gasteiger partial charge on any atom is -0.326 e. The van der Waals surface area contributed by atoms with Crippen LogP contribution in [0.15, 0.2) is 41.1 Å². The molecule has 2 aromatic rings. The van der Waals surface area contributed by atoms with Gasteiger partial charge in [-0.05, 0) is 53.4 Å². The zero-order valence-corrected chi connectivity index (χ0v) is 13.1. The van der Waals surface area contributed by atoms with E-state index in [9.17, 15) is 9.59 Å². The summed E-state index contributed by atoms with van der Waals surface area (Å²) in [4.78, 5) is 25.8. The molecule has 4 nitrogen and oxygen atoms in total. The van der Waals surface area contributed by atoms with E-state index in [0.717, 1.165) is 36.3 Å². The van der Waals surface area contributed by atoms with Gasteiger partial charge >= 0.3 is 0 Å². The van der Waals surface area contributed by atoms with Gasteiger partial charge in [0.05, 0.1) is 6.42 Å². The number of amides is 2. The molecular formula is C17H18N2O2S. The Kier molecular flexibility index (Phi) is 4.53. The minimum absolute atomic E-state index is 0.0412. The van der Waals surface area contributed by atoms with Crippen LogP contribution in [0.5, 0.6) is 0 Å². The lowest BCUT2D eigenvalue weighted by atomic mass is 10.1. The average molecular weight is 314 g/mol. The molecule has 1 saturated heterocycles. The van der Waals surface area contributed by atoms with E-state index in [1.807, 2.05) is 41.1 Å². The summed E-state index contributed by atoms with van der Waals surface area (Å²) in [5, 5.41) is 6.84. The Hall–Kier alpha value is -2.14. The standard InChI is InChI=1S/C17H18N2O2S/c20-16(10-13-7-9-22-12-13)18-14-4-3-5-15(11-14)19-8-2-1-6-17(19)21/h3-5,7,9,11-12H,1-2,6,8,10H2,(H,18,20). The number of nitrogens with zero attached hydrogens (tertiary/aromatic N) is 1. The van der Waals surface area contributed by atoms with Crippen LogP contribution in [0.2, 0.25) is 0 Å². The topological polar surface area (TPSA) is 49.4 Å². The molecule has 0 unspecified atom stereocenters. The molecule has 1 N–H and O–H groups in total. The van der Waals surface area contributed by atoms with Crippen molar-refractivity contribution in [1.29, 1.82) is 0 Å². The highest BCUT2D eigenvalue weighted by Gasteiger charge is 2.19. The van der Waals surface area contributed by atoms with Crippen molar-refractivity contribution in [1.82, 2.24) is 0 Å². The number of benzene rings is 1. The van der Waals surface area contributed by atoms with Gasteiger partial charge in [0.2, 0.25) is 11.8 Å². The first kappa shape index (κ1) is 14.8. The molecule has 1 fully saturated rings. The first-order valence-electron chi connectivity index (χ1n) is 7.44. The van der Waals surface area contributed by atoms with Crippen LogP contribution < -0.4 is 10.2 Å². The Bertz CT molecular complexity index is 667. The molecule has 0 atom stereocenters. The van der Waals surface area contributed by atoms with E-state index in [4.69, 9.17) is 0 Å². The van der Waals surface area contributed by atoms with Crippen molar-refractivity contribution in [3.63, 3.8) is 0 Å². The van der Waals surface area contributed by atoms with E-state index >= 15 is 0 Å². The van der Waals surface area contributed by atoms with Crippen molar-refractivity contribution in [3.8, 4) is 0 Å². The molecule has 3 rings (SSSR count). The van der Waals surface area contributed by atoms with Gasteiger partial charge in [0.1, 0.15) is 0 Å². The highest BCUT2D eigenvalue weighted by Crippen LogP contribution is 2.24. The lowest BCUT2D eigenvalue weighted by Gasteiger charge is -2.27. The lowest BCUT2D eigenvalue weighted by molar-refractivity contribution is -0.119. The summed E-state index contributed by atoms with van der Waals surface area (Å²) in [6.07, 6.45) is 2.97.